The Kier molecular flexibility index (Phi) is 6.52. The third-order valence-corrected chi connectivity index (χ3v) is 6.16. The minimum atomic E-state index is -0.0613. The number of thiophene rings is 1. The number of carbonyl (C=O) groups is 2. The molecule has 0 aliphatic carbocycles. The summed E-state index contributed by atoms with van der Waals surface area (Å²) in [6.07, 6.45) is 3.25. The molecule has 7 heteroatoms. The van der Waals surface area contributed by atoms with E-state index in [1.807, 2.05) is 41.8 Å². The van der Waals surface area contributed by atoms with Gasteiger partial charge in [-0.3, -0.25) is 9.59 Å². The van der Waals surface area contributed by atoms with Gasteiger partial charge in [-0.15, -0.1) is 23.7 Å². The smallest absolute Gasteiger partial charge is 0.261 e. The highest BCUT2D eigenvalue weighted by Gasteiger charge is 2.38. The van der Waals surface area contributed by atoms with E-state index < -0.39 is 0 Å². The minimum absolute atomic E-state index is 0. The lowest BCUT2D eigenvalue weighted by Crippen LogP contribution is -2.42. The number of nitrogens with zero attached hydrogens (tertiary/aromatic N) is 1. The summed E-state index contributed by atoms with van der Waals surface area (Å²) in [4.78, 5) is 27.8. The monoisotopic (exact) mass is 405 g/mol. The molecule has 2 amide bonds. The molecule has 2 atom stereocenters. The van der Waals surface area contributed by atoms with Gasteiger partial charge in [0.25, 0.3) is 11.8 Å². The third-order valence-electron chi connectivity index (χ3n) is 5.29. The van der Waals surface area contributed by atoms with E-state index in [0.717, 1.165) is 43.5 Å². The van der Waals surface area contributed by atoms with Gasteiger partial charge in [0.05, 0.1) is 4.88 Å². The molecule has 2 unspecified atom stereocenters. The molecule has 2 fully saturated rings. The molecule has 1 aromatic carbocycles. The zero-order valence-electron chi connectivity index (χ0n) is 15.0. The lowest BCUT2D eigenvalue weighted by atomic mass is 10.1. The van der Waals surface area contributed by atoms with Gasteiger partial charge < -0.3 is 15.5 Å². The van der Waals surface area contributed by atoms with Crippen molar-refractivity contribution in [1.82, 2.24) is 15.5 Å². The first-order valence-electron chi connectivity index (χ1n) is 9.16. The molecule has 144 valence electrons. The Labute approximate surface area is 169 Å². The summed E-state index contributed by atoms with van der Waals surface area (Å²) >= 11 is 1.43. The number of nitrogens with one attached hydrogen (secondary N) is 2. The van der Waals surface area contributed by atoms with Gasteiger partial charge in [0.15, 0.2) is 0 Å². The fourth-order valence-electron chi connectivity index (χ4n) is 3.91. The number of rotatable bonds is 4. The standard InChI is InChI=1S/C20H23N3O2S.ClH/c24-19(18-2-1-11-26-18)22-12-14-3-5-15(6-4-14)20(25)23-16-7-8-17(23)13-21-10-9-16;/h1-6,11,16-17,21H,7-10,12-13H2,(H,22,24);1H. The van der Waals surface area contributed by atoms with Gasteiger partial charge in [0, 0.05) is 30.7 Å². The maximum absolute atomic E-state index is 13.0. The molecule has 0 spiro atoms. The SMILES string of the molecule is Cl.O=C(NCc1ccc(C(=O)N2C3CCNCC2CC3)cc1)c1cccs1. The molecular weight excluding hydrogens is 382 g/mol. The topological polar surface area (TPSA) is 61.4 Å². The fraction of sp³-hybridized carbons (Fsp3) is 0.400. The number of fused-ring (bicyclic) bond motifs is 2. The Morgan fingerprint density at radius 3 is 2.63 bits per heavy atom. The van der Waals surface area contributed by atoms with Crippen molar-refractivity contribution in [3.8, 4) is 0 Å². The zero-order chi connectivity index (χ0) is 17.9. The Hall–Kier alpha value is -1.89. The number of hydrogen-bond donors (Lipinski definition) is 2. The van der Waals surface area contributed by atoms with Crippen molar-refractivity contribution in [2.75, 3.05) is 13.1 Å². The third kappa shape index (κ3) is 4.34. The summed E-state index contributed by atoms with van der Waals surface area (Å²) in [6.45, 7) is 2.35. The molecule has 2 bridgehead atoms. The van der Waals surface area contributed by atoms with Gasteiger partial charge in [0.2, 0.25) is 0 Å². The van der Waals surface area contributed by atoms with E-state index >= 15 is 0 Å². The van der Waals surface area contributed by atoms with E-state index in [1.54, 1.807) is 0 Å². The van der Waals surface area contributed by atoms with Crippen LogP contribution in [0.1, 0.15) is 44.9 Å². The summed E-state index contributed by atoms with van der Waals surface area (Å²) in [6, 6.07) is 12.0. The van der Waals surface area contributed by atoms with E-state index in [1.165, 1.54) is 11.3 Å². The molecule has 0 saturated carbocycles. The second kappa shape index (κ2) is 8.87. The molecule has 2 aliphatic heterocycles. The fourth-order valence-corrected chi connectivity index (χ4v) is 4.55. The number of carbonyl (C=O) groups excluding carboxylic acids is 2. The number of hydrogen-bond acceptors (Lipinski definition) is 4. The lowest BCUT2D eigenvalue weighted by Gasteiger charge is -2.28. The highest BCUT2D eigenvalue weighted by Crippen LogP contribution is 2.29. The maximum atomic E-state index is 13.0. The molecule has 2 saturated heterocycles. The average molecular weight is 406 g/mol. The van der Waals surface area contributed by atoms with Gasteiger partial charge in [0.1, 0.15) is 0 Å². The van der Waals surface area contributed by atoms with Crippen LogP contribution >= 0.6 is 23.7 Å². The van der Waals surface area contributed by atoms with Crippen molar-refractivity contribution in [2.24, 2.45) is 0 Å². The van der Waals surface area contributed by atoms with Crippen molar-refractivity contribution in [2.45, 2.75) is 37.9 Å². The summed E-state index contributed by atoms with van der Waals surface area (Å²) in [7, 11) is 0. The molecule has 5 nitrogen and oxygen atoms in total. The van der Waals surface area contributed by atoms with Gasteiger partial charge in [-0.2, -0.15) is 0 Å². The summed E-state index contributed by atoms with van der Waals surface area (Å²) in [5.41, 5.74) is 1.73. The van der Waals surface area contributed by atoms with Gasteiger partial charge in [-0.25, -0.2) is 0 Å². The largest absolute Gasteiger partial charge is 0.347 e. The van der Waals surface area contributed by atoms with Crippen molar-refractivity contribution in [1.29, 1.82) is 0 Å². The van der Waals surface area contributed by atoms with Crippen molar-refractivity contribution < 1.29 is 9.59 Å². The van der Waals surface area contributed by atoms with Crippen LogP contribution in [0.5, 0.6) is 0 Å². The predicted molar refractivity (Wildman–Crippen MR) is 110 cm³/mol. The van der Waals surface area contributed by atoms with Crippen LogP contribution in [0.4, 0.5) is 0 Å². The Bertz CT molecular complexity index is 765. The van der Waals surface area contributed by atoms with Crippen LogP contribution in [-0.2, 0) is 6.54 Å². The van der Waals surface area contributed by atoms with Crippen LogP contribution in [0.15, 0.2) is 41.8 Å². The summed E-state index contributed by atoms with van der Waals surface area (Å²) < 4.78 is 0. The van der Waals surface area contributed by atoms with Crippen LogP contribution in [-0.4, -0.2) is 41.9 Å². The normalized spacial score (nSPS) is 21.3. The molecule has 2 aliphatic rings. The predicted octanol–water partition coefficient (Wildman–Crippen LogP) is 3.07. The van der Waals surface area contributed by atoms with Crippen LogP contribution < -0.4 is 10.6 Å². The lowest BCUT2D eigenvalue weighted by molar-refractivity contribution is 0.0680. The Morgan fingerprint density at radius 2 is 1.89 bits per heavy atom. The molecule has 27 heavy (non-hydrogen) atoms. The molecule has 2 N–H and O–H groups in total. The van der Waals surface area contributed by atoms with Crippen LogP contribution in [0.2, 0.25) is 0 Å². The summed E-state index contributed by atoms with van der Waals surface area (Å²) in [5, 5.41) is 8.23. The Morgan fingerprint density at radius 1 is 1.11 bits per heavy atom. The number of benzene rings is 1. The second-order valence-corrected chi connectivity index (χ2v) is 7.89. The van der Waals surface area contributed by atoms with Crippen LogP contribution in [0.25, 0.3) is 0 Å². The highest BCUT2D eigenvalue weighted by molar-refractivity contribution is 7.12. The molecule has 0 radical (unpaired) electrons. The van der Waals surface area contributed by atoms with E-state index in [4.69, 9.17) is 0 Å². The average Bonchev–Trinajstić information content (AvgIpc) is 3.27. The van der Waals surface area contributed by atoms with Gasteiger partial charge in [-0.1, -0.05) is 18.2 Å². The summed E-state index contributed by atoms with van der Waals surface area (Å²) in [5.74, 6) is 0.0733. The Balaban J connectivity index is 0.00000210. The van der Waals surface area contributed by atoms with E-state index in [2.05, 4.69) is 15.5 Å². The molecule has 1 aromatic heterocycles. The van der Waals surface area contributed by atoms with E-state index in [0.29, 0.717) is 23.5 Å². The van der Waals surface area contributed by atoms with Gasteiger partial charge >= 0.3 is 0 Å². The first-order chi connectivity index (χ1) is 12.7. The first kappa shape index (κ1) is 19.9. The zero-order valence-corrected chi connectivity index (χ0v) is 16.7. The van der Waals surface area contributed by atoms with Crippen molar-refractivity contribution in [3.63, 3.8) is 0 Å². The van der Waals surface area contributed by atoms with Crippen LogP contribution in [0, 0.1) is 0 Å². The van der Waals surface area contributed by atoms with Gasteiger partial charge in [-0.05, 0) is 54.9 Å². The number of halogens is 1. The minimum Gasteiger partial charge on any atom is -0.347 e. The molecule has 2 aromatic rings. The molecule has 3 heterocycles. The van der Waals surface area contributed by atoms with E-state index in [-0.39, 0.29) is 24.2 Å². The quantitative estimate of drug-likeness (QED) is 0.821. The van der Waals surface area contributed by atoms with E-state index in [9.17, 15) is 9.59 Å². The molecular formula is C20H24ClN3O2S. The second-order valence-electron chi connectivity index (χ2n) is 6.95. The molecule has 4 rings (SSSR count). The number of amides is 2. The van der Waals surface area contributed by atoms with Crippen LogP contribution in [0.3, 0.4) is 0 Å². The van der Waals surface area contributed by atoms with Crippen molar-refractivity contribution in [3.05, 3.63) is 57.8 Å². The maximum Gasteiger partial charge on any atom is 0.261 e. The first-order valence-corrected chi connectivity index (χ1v) is 10.0. The highest BCUT2D eigenvalue weighted by atomic mass is 35.5. The van der Waals surface area contributed by atoms with Crippen molar-refractivity contribution >= 4 is 35.6 Å².